The molecule has 1 atom stereocenters. The maximum atomic E-state index is 5.58. The van der Waals surface area contributed by atoms with Crippen molar-refractivity contribution in [3.8, 4) is 0 Å². The standard InChI is InChI=1S/C10H17N3O2.ClH/c1-8-4-9(15-12-8)6-13-2-3-14-10(5-11)7-13;/h4,10H,2-3,5-7,11H2,1H3;1H. The molecule has 2 N–H and O–H groups in total. The van der Waals surface area contributed by atoms with Crippen molar-refractivity contribution in [2.45, 2.75) is 19.6 Å². The highest BCUT2D eigenvalue weighted by molar-refractivity contribution is 5.85. The summed E-state index contributed by atoms with van der Waals surface area (Å²) in [5.41, 5.74) is 6.50. The van der Waals surface area contributed by atoms with Gasteiger partial charge in [-0.05, 0) is 6.92 Å². The lowest BCUT2D eigenvalue weighted by Crippen LogP contribution is -2.45. The minimum Gasteiger partial charge on any atom is -0.374 e. The minimum absolute atomic E-state index is 0. The second kappa shape index (κ2) is 6.20. The summed E-state index contributed by atoms with van der Waals surface area (Å²) < 4.78 is 10.7. The predicted octanol–water partition coefficient (Wildman–Crippen LogP) is 0.564. The molecule has 92 valence electrons. The molecular weight excluding hydrogens is 230 g/mol. The van der Waals surface area contributed by atoms with Crippen LogP contribution in [0.25, 0.3) is 0 Å². The van der Waals surface area contributed by atoms with E-state index >= 15 is 0 Å². The average molecular weight is 248 g/mol. The highest BCUT2D eigenvalue weighted by Crippen LogP contribution is 2.10. The number of ether oxygens (including phenoxy) is 1. The van der Waals surface area contributed by atoms with Crippen LogP contribution in [0.5, 0.6) is 0 Å². The molecule has 16 heavy (non-hydrogen) atoms. The molecular formula is C10H18ClN3O2. The van der Waals surface area contributed by atoms with Crippen molar-refractivity contribution in [3.63, 3.8) is 0 Å². The fourth-order valence-corrected chi connectivity index (χ4v) is 1.78. The van der Waals surface area contributed by atoms with Gasteiger partial charge in [0.25, 0.3) is 0 Å². The summed E-state index contributed by atoms with van der Waals surface area (Å²) in [6.45, 7) is 5.84. The van der Waals surface area contributed by atoms with Crippen LogP contribution in [0.15, 0.2) is 10.6 Å². The van der Waals surface area contributed by atoms with Crippen LogP contribution in [0, 0.1) is 6.92 Å². The zero-order valence-corrected chi connectivity index (χ0v) is 10.2. The van der Waals surface area contributed by atoms with E-state index < -0.39 is 0 Å². The average Bonchev–Trinajstić information content (AvgIpc) is 2.64. The first kappa shape index (κ1) is 13.4. The molecule has 1 aromatic heterocycles. The molecule has 0 spiro atoms. The molecule has 1 unspecified atom stereocenters. The van der Waals surface area contributed by atoms with E-state index in [2.05, 4.69) is 10.1 Å². The maximum absolute atomic E-state index is 5.58. The van der Waals surface area contributed by atoms with Crippen LogP contribution in [0.4, 0.5) is 0 Å². The van der Waals surface area contributed by atoms with Crippen LogP contribution in [0.3, 0.4) is 0 Å². The molecule has 0 aromatic carbocycles. The molecule has 1 saturated heterocycles. The van der Waals surface area contributed by atoms with Gasteiger partial charge in [-0.1, -0.05) is 5.16 Å². The molecule has 2 rings (SSSR count). The highest BCUT2D eigenvalue weighted by atomic mass is 35.5. The van der Waals surface area contributed by atoms with E-state index in [0.717, 1.165) is 37.7 Å². The van der Waals surface area contributed by atoms with E-state index in [9.17, 15) is 0 Å². The molecule has 1 fully saturated rings. The predicted molar refractivity (Wildman–Crippen MR) is 62.6 cm³/mol. The largest absolute Gasteiger partial charge is 0.374 e. The van der Waals surface area contributed by atoms with Gasteiger partial charge in [-0.3, -0.25) is 4.90 Å². The van der Waals surface area contributed by atoms with Crippen molar-refractivity contribution >= 4 is 12.4 Å². The highest BCUT2D eigenvalue weighted by Gasteiger charge is 2.20. The number of rotatable bonds is 3. The molecule has 1 aliphatic heterocycles. The number of halogens is 1. The molecule has 6 heteroatoms. The van der Waals surface area contributed by atoms with Crippen molar-refractivity contribution in [3.05, 3.63) is 17.5 Å². The van der Waals surface area contributed by atoms with Crippen molar-refractivity contribution in [1.82, 2.24) is 10.1 Å². The van der Waals surface area contributed by atoms with Crippen LogP contribution < -0.4 is 5.73 Å². The van der Waals surface area contributed by atoms with E-state index in [4.69, 9.17) is 15.0 Å². The summed E-state index contributed by atoms with van der Waals surface area (Å²) in [4.78, 5) is 2.28. The Bertz CT molecular complexity index is 319. The van der Waals surface area contributed by atoms with Crippen molar-refractivity contribution in [2.24, 2.45) is 5.73 Å². The molecule has 1 aromatic rings. The van der Waals surface area contributed by atoms with Gasteiger partial charge in [0, 0.05) is 25.7 Å². The smallest absolute Gasteiger partial charge is 0.150 e. The third-order valence-corrected chi connectivity index (χ3v) is 2.54. The fraction of sp³-hybridized carbons (Fsp3) is 0.700. The Labute approximate surface area is 101 Å². The number of aryl methyl sites for hydroxylation is 1. The van der Waals surface area contributed by atoms with E-state index in [0.29, 0.717) is 6.54 Å². The monoisotopic (exact) mass is 247 g/mol. The van der Waals surface area contributed by atoms with Gasteiger partial charge >= 0.3 is 0 Å². The van der Waals surface area contributed by atoms with Crippen LogP contribution in [-0.2, 0) is 11.3 Å². The Hall–Kier alpha value is -0.620. The Balaban J connectivity index is 0.00000128. The summed E-state index contributed by atoms with van der Waals surface area (Å²) in [6, 6.07) is 1.97. The summed E-state index contributed by atoms with van der Waals surface area (Å²) in [6.07, 6.45) is 0.155. The third-order valence-electron chi connectivity index (χ3n) is 2.54. The van der Waals surface area contributed by atoms with Gasteiger partial charge in [-0.2, -0.15) is 0 Å². The Morgan fingerprint density at radius 2 is 2.44 bits per heavy atom. The second-order valence-electron chi connectivity index (χ2n) is 3.90. The zero-order valence-electron chi connectivity index (χ0n) is 9.39. The normalized spacial score (nSPS) is 21.8. The Kier molecular flexibility index (Phi) is 5.21. The van der Waals surface area contributed by atoms with Crippen LogP contribution >= 0.6 is 12.4 Å². The van der Waals surface area contributed by atoms with Gasteiger partial charge in [-0.25, -0.2) is 0 Å². The van der Waals surface area contributed by atoms with Gasteiger partial charge in [-0.15, -0.1) is 12.4 Å². The second-order valence-corrected chi connectivity index (χ2v) is 3.90. The first-order chi connectivity index (χ1) is 7.28. The lowest BCUT2D eigenvalue weighted by molar-refractivity contribution is -0.0283. The van der Waals surface area contributed by atoms with Gasteiger partial charge < -0.3 is 15.0 Å². The van der Waals surface area contributed by atoms with E-state index in [1.165, 1.54) is 0 Å². The van der Waals surface area contributed by atoms with Gasteiger partial charge in [0.15, 0.2) is 5.76 Å². The molecule has 2 heterocycles. The number of morpholine rings is 1. The van der Waals surface area contributed by atoms with E-state index in [1.54, 1.807) is 0 Å². The van der Waals surface area contributed by atoms with Crippen molar-refractivity contribution in [1.29, 1.82) is 0 Å². The summed E-state index contributed by atoms with van der Waals surface area (Å²) in [7, 11) is 0. The van der Waals surface area contributed by atoms with Crippen LogP contribution in [0.1, 0.15) is 11.5 Å². The molecule has 1 aliphatic rings. The first-order valence-corrected chi connectivity index (χ1v) is 5.24. The van der Waals surface area contributed by atoms with Crippen LogP contribution in [-0.4, -0.2) is 42.4 Å². The maximum Gasteiger partial charge on any atom is 0.150 e. The minimum atomic E-state index is 0. The number of aromatic nitrogens is 1. The van der Waals surface area contributed by atoms with Gasteiger partial charge in [0.05, 0.1) is 24.9 Å². The Morgan fingerprint density at radius 3 is 3.06 bits per heavy atom. The first-order valence-electron chi connectivity index (χ1n) is 5.24. The van der Waals surface area contributed by atoms with Gasteiger partial charge in [0.1, 0.15) is 0 Å². The number of hydrogen-bond donors (Lipinski definition) is 1. The molecule has 0 amide bonds. The van der Waals surface area contributed by atoms with Gasteiger partial charge in [0.2, 0.25) is 0 Å². The SMILES string of the molecule is Cc1cc(CN2CCOC(CN)C2)on1.Cl. The summed E-state index contributed by atoms with van der Waals surface area (Å²) >= 11 is 0. The quantitative estimate of drug-likeness (QED) is 0.846. The third kappa shape index (κ3) is 3.45. The van der Waals surface area contributed by atoms with Crippen molar-refractivity contribution < 1.29 is 9.26 Å². The topological polar surface area (TPSA) is 64.5 Å². The summed E-state index contributed by atoms with van der Waals surface area (Å²) in [5, 5.41) is 3.86. The van der Waals surface area contributed by atoms with E-state index in [1.807, 2.05) is 13.0 Å². The fourth-order valence-electron chi connectivity index (χ4n) is 1.78. The van der Waals surface area contributed by atoms with E-state index in [-0.39, 0.29) is 18.5 Å². The molecule has 0 bridgehead atoms. The molecule has 0 radical (unpaired) electrons. The molecule has 5 nitrogen and oxygen atoms in total. The lowest BCUT2D eigenvalue weighted by atomic mass is 10.2. The Morgan fingerprint density at radius 1 is 1.62 bits per heavy atom. The number of hydrogen-bond acceptors (Lipinski definition) is 5. The summed E-state index contributed by atoms with van der Waals surface area (Å²) in [5.74, 6) is 0.908. The van der Waals surface area contributed by atoms with Crippen LogP contribution in [0.2, 0.25) is 0 Å². The number of nitrogens with zero attached hydrogens (tertiary/aromatic N) is 2. The van der Waals surface area contributed by atoms with Crippen molar-refractivity contribution in [2.75, 3.05) is 26.2 Å². The number of nitrogens with two attached hydrogens (primary N) is 1. The lowest BCUT2D eigenvalue weighted by Gasteiger charge is -2.31. The molecule has 0 saturated carbocycles. The molecule has 0 aliphatic carbocycles. The zero-order chi connectivity index (χ0) is 10.7.